The Labute approximate surface area is 127 Å². The van der Waals surface area contributed by atoms with Crippen LogP contribution in [0.4, 0.5) is 0 Å². The SMILES string of the molecule is Brc1ccc2nc(CN3CC[C@@H]4CCCC[C@H]43)[nH]c2c1. The molecule has 2 heterocycles. The van der Waals surface area contributed by atoms with Gasteiger partial charge in [0.25, 0.3) is 0 Å². The summed E-state index contributed by atoms with van der Waals surface area (Å²) in [5, 5.41) is 0. The fraction of sp³-hybridized carbons (Fsp3) is 0.562. The maximum absolute atomic E-state index is 4.74. The number of nitrogens with zero attached hydrogens (tertiary/aromatic N) is 2. The van der Waals surface area contributed by atoms with Crippen molar-refractivity contribution in [3.05, 3.63) is 28.5 Å². The van der Waals surface area contributed by atoms with Crippen LogP contribution in [0, 0.1) is 5.92 Å². The van der Waals surface area contributed by atoms with Gasteiger partial charge in [0.2, 0.25) is 0 Å². The van der Waals surface area contributed by atoms with Gasteiger partial charge in [0.15, 0.2) is 0 Å². The molecule has 1 aromatic carbocycles. The van der Waals surface area contributed by atoms with E-state index in [2.05, 4.69) is 44.0 Å². The minimum atomic E-state index is 0.809. The zero-order valence-electron chi connectivity index (χ0n) is 11.6. The maximum Gasteiger partial charge on any atom is 0.121 e. The summed E-state index contributed by atoms with van der Waals surface area (Å²) < 4.78 is 1.11. The molecule has 1 aromatic heterocycles. The molecule has 2 aliphatic rings. The summed E-state index contributed by atoms with van der Waals surface area (Å²) in [6.07, 6.45) is 7.06. The molecule has 106 valence electrons. The molecule has 1 aliphatic carbocycles. The average molecular weight is 334 g/mol. The summed E-state index contributed by atoms with van der Waals surface area (Å²) in [5.74, 6) is 2.06. The highest BCUT2D eigenvalue weighted by atomic mass is 79.9. The molecule has 20 heavy (non-hydrogen) atoms. The molecule has 0 spiro atoms. The molecule has 1 aliphatic heterocycles. The van der Waals surface area contributed by atoms with E-state index >= 15 is 0 Å². The van der Waals surface area contributed by atoms with E-state index in [9.17, 15) is 0 Å². The Bertz CT molecular complexity index is 621. The molecule has 0 bridgehead atoms. The van der Waals surface area contributed by atoms with E-state index < -0.39 is 0 Å². The fourth-order valence-corrected chi connectivity index (χ4v) is 4.36. The highest BCUT2D eigenvalue weighted by Gasteiger charge is 2.35. The van der Waals surface area contributed by atoms with Crippen LogP contribution in [-0.2, 0) is 6.54 Å². The monoisotopic (exact) mass is 333 g/mol. The zero-order chi connectivity index (χ0) is 13.5. The second-order valence-electron chi connectivity index (χ2n) is 6.22. The zero-order valence-corrected chi connectivity index (χ0v) is 13.2. The predicted octanol–water partition coefficient (Wildman–Crippen LogP) is 4.09. The molecule has 1 saturated carbocycles. The van der Waals surface area contributed by atoms with Crippen molar-refractivity contribution in [3.8, 4) is 0 Å². The van der Waals surface area contributed by atoms with Gasteiger partial charge in [-0.25, -0.2) is 4.98 Å². The second kappa shape index (κ2) is 5.15. The van der Waals surface area contributed by atoms with Crippen molar-refractivity contribution in [2.75, 3.05) is 6.54 Å². The summed E-state index contributed by atoms with van der Waals surface area (Å²) >= 11 is 3.52. The van der Waals surface area contributed by atoms with Crippen LogP contribution in [0.1, 0.15) is 37.9 Å². The number of imidazole rings is 1. The normalized spacial score (nSPS) is 27.1. The minimum absolute atomic E-state index is 0.809. The van der Waals surface area contributed by atoms with Crippen LogP contribution in [-0.4, -0.2) is 27.5 Å². The van der Waals surface area contributed by atoms with E-state index in [0.717, 1.165) is 39.8 Å². The number of aromatic nitrogens is 2. The molecule has 0 radical (unpaired) electrons. The van der Waals surface area contributed by atoms with E-state index in [-0.39, 0.29) is 0 Å². The molecule has 1 N–H and O–H groups in total. The number of hydrogen-bond acceptors (Lipinski definition) is 2. The van der Waals surface area contributed by atoms with E-state index in [1.807, 2.05) is 0 Å². The van der Waals surface area contributed by atoms with Crippen LogP contribution >= 0.6 is 15.9 Å². The van der Waals surface area contributed by atoms with Crippen molar-refractivity contribution in [1.29, 1.82) is 0 Å². The summed E-state index contributed by atoms with van der Waals surface area (Å²) in [6, 6.07) is 7.05. The van der Waals surface area contributed by atoms with Crippen LogP contribution < -0.4 is 0 Å². The van der Waals surface area contributed by atoms with Gasteiger partial charge in [0.1, 0.15) is 5.82 Å². The first-order valence-corrected chi connectivity index (χ1v) is 8.47. The number of likely N-dealkylation sites (tertiary alicyclic amines) is 1. The highest BCUT2D eigenvalue weighted by Crippen LogP contribution is 2.36. The molecule has 4 rings (SSSR count). The molecule has 1 saturated heterocycles. The molecule has 2 aromatic rings. The van der Waals surface area contributed by atoms with E-state index in [4.69, 9.17) is 4.98 Å². The van der Waals surface area contributed by atoms with Gasteiger partial charge in [-0.3, -0.25) is 4.90 Å². The third-order valence-electron chi connectivity index (χ3n) is 4.97. The Morgan fingerprint density at radius 2 is 2.15 bits per heavy atom. The number of rotatable bonds is 2. The van der Waals surface area contributed by atoms with Gasteiger partial charge in [-0.1, -0.05) is 28.8 Å². The fourth-order valence-electron chi connectivity index (χ4n) is 4.00. The number of fused-ring (bicyclic) bond motifs is 2. The molecule has 4 heteroatoms. The molecule has 2 fully saturated rings. The molecular formula is C16H20BrN3. The van der Waals surface area contributed by atoms with E-state index in [1.165, 1.54) is 38.6 Å². The smallest absolute Gasteiger partial charge is 0.121 e. The Morgan fingerprint density at radius 3 is 3.10 bits per heavy atom. The lowest BCUT2D eigenvalue weighted by Gasteiger charge is -2.31. The molecule has 0 amide bonds. The van der Waals surface area contributed by atoms with Gasteiger partial charge in [-0.05, 0) is 49.9 Å². The quantitative estimate of drug-likeness (QED) is 0.897. The van der Waals surface area contributed by atoms with Gasteiger partial charge < -0.3 is 4.98 Å². The Balaban J connectivity index is 1.55. The predicted molar refractivity (Wildman–Crippen MR) is 84.6 cm³/mol. The van der Waals surface area contributed by atoms with Crippen LogP contribution in [0.25, 0.3) is 11.0 Å². The third-order valence-corrected chi connectivity index (χ3v) is 5.46. The lowest BCUT2D eigenvalue weighted by Crippen LogP contribution is -2.34. The first-order chi connectivity index (χ1) is 9.79. The number of H-pyrrole nitrogens is 1. The summed E-state index contributed by atoms with van der Waals surface area (Å²) in [4.78, 5) is 10.9. The van der Waals surface area contributed by atoms with E-state index in [0.29, 0.717) is 0 Å². The second-order valence-corrected chi connectivity index (χ2v) is 7.13. The van der Waals surface area contributed by atoms with Crippen molar-refractivity contribution in [1.82, 2.24) is 14.9 Å². The van der Waals surface area contributed by atoms with Crippen LogP contribution in [0.3, 0.4) is 0 Å². The van der Waals surface area contributed by atoms with Gasteiger partial charge in [0, 0.05) is 10.5 Å². The number of benzene rings is 1. The number of hydrogen-bond donors (Lipinski definition) is 1. The summed E-state index contributed by atoms with van der Waals surface area (Å²) in [7, 11) is 0. The Kier molecular flexibility index (Phi) is 3.31. The highest BCUT2D eigenvalue weighted by molar-refractivity contribution is 9.10. The van der Waals surface area contributed by atoms with Crippen molar-refractivity contribution < 1.29 is 0 Å². The van der Waals surface area contributed by atoms with Gasteiger partial charge in [0.05, 0.1) is 17.6 Å². The lowest BCUT2D eigenvalue weighted by atomic mass is 9.85. The summed E-state index contributed by atoms with van der Waals surface area (Å²) in [6.45, 7) is 2.23. The Morgan fingerprint density at radius 1 is 1.25 bits per heavy atom. The Hall–Kier alpha value is -0.870. The van der Waals surface area contributed by atoms with Crippen LogP contribution in [0.2, 0.25) is 0 Å². The standard InChI is InChI=1S/C16H20BrN3/c17-12-5-6-13-14(9-12)19-16(18-13)10-20-8-7-11-3-1-2-4-15(11)20/h5-6,9,11,15H,1-4,7-8,10H2,(H,18,19)/t11-,15+/m0/s1. The van der Waals surface area contributed by atoms with Gasteiger partial charge in [-0.15, -0.1) is 0 Å². The largest absolute Gasteiger partial charge is 0.341 e. The first-order valence-electron chi connectivity index (χ1n) is 7.68. The van der Waals surface area contributed by atoms with Gasteiger partial charge in [-0.2, -0.15) is 0 Å². The van der Waals surface area contributed by atoms with Crippen LogP contribution in [0.15, 0.2) is 22.7 Å². The number of halogens is 1. The third kappa shape index (κ3) is 2.29. The van der Waals surface area contributed by atoms with Gasteiger partial charge >= 0.3 is 0 Å². The lowest BCUT2D eigenvalue weighted by molar-refractivity contribution is 0.173. The van der Waals surface area contributed by atoms with Crippen molar-refractivity contribution >= 4 is 27.0 Å². The topological polar surface area (TPSA) is 31.9 Å². The molecule has 2 atom stereocenters. The molecular weight excluding hydrogens is 314 g/mol. The first kappa shape index (κ1) is 12.8. The van der Waals surface area contributed by atoms with Crippen molar-refractivity contribution in [2.45, 2.75) is 44.7 Å². The number of nitrogens with one attached hydrogen (secondary N) is 1. The van der Waals surface area contributed by atoms with Crippen molar-refractivity contribution in [3.63, 3.8) is 0 Å². The van der Waals surface area contributed by atoms with Crippen LogP contribution in [0.5, 0.6) is 0 Å². The average Bonchev–Trinajstić information content (AvgIpc) is 3.03. The summed E-state index contributed by atoms with van der Waals surface area (Å²) in [5.41, 5.74) is 2.20. The maximum atomic E-state index is 4.74. The minimum Gasteiger partial charge on any atom is -0.341 e. The van der Waals surface area contributed by atoms with E-state index in [1.54, 1.807) is 0 Å². The number of aromatic amines is 1. The van der Waals surface area contributed by atoms with Crippen molar-refractivity contribution in [2.24, 2.45) is 5.92 Å². The molecule has 0 unspecified atom stereocenters. The molecule has 3 nitrogen and oxygen atoms in total.